The fourth-order valence-corrected chi connectivity index (χ4v) is 4.10. The number of nitrogens with one attached hydrogen (secondary N) is 2. The monoisotopic (exact) mass is 432 g/mol. The summed E-state index contributed by atoms with van der Waals surface area (Å²) in [5.41, 5.74) is 1.55. The second-order valence-corrected chi connectivity index (χ2v) is 7.76. The molecule has 8 nitrogen and oxygen atoms in total. The zero-order chi connectivity index (χ0) is 20.4. The van der Waals surface area contributed by atoms with Crippen molar-refractivity contribution >= 4 is 40.1 Å². The molecule has 0 radical (unpaired) electrons. The summed E-state index contributed by atoms with van der Waals surface area (Å²) in [6.45, 7) is 1.80. The Morgan fingerprint density at radius 2 is 2.03 bits per heavy atom. The molecule has 0 saturated heterocycles. The number of halogens is 2. The zero-order valence-electron chi connectivity index (χ0n) is 15.2. The van der Waals surface area contributed by atoms with Gasteiger partial charge in [-0.25, -0.2) is 19.3 Å². The standard InChI is InChI=1S/C17H14F2N8S2/c1-9-14(28-17(20-2)23-9)13-12(18)7-21-16(25-13)24-10-4-3-5-11(6-10)29-27-8-22-15(19)26-27/h3-8H,1-2H3,(H,20,23)(H,21,24,25). The number of benzene rings is 1. The van der Waals surface area contributed by atoms with E-state index in [0.29, 0.717) is 21.4 Å². The molecule has 0 atom stereocenters. The summed E-state index contributed by atoms with van der Waals surface area (Å²) in [6, 6.07) is 7.28. The lowest BCUT2D eigenvalue weighted by Crippen LogP contribution is -2.00. The minimum absolute atomic E-state index is 0.183. The smallest absolute Gasteiger partial charge is 0.327 e. The molecule has 3 aromatic heterocycles. The summed E-state index contributed by atoms with van der Waals surface area (Å²) in [4.78, 5) is 17.6. The Labute approximate surface area is 172 Å². The molecule has 0 aliphatic carbocycles. The van der Waals surface area contributed by atoms with Crippen molar-refractivity contribution in [2.45, 2.75) is 11.8 Å². The molecule has 2 N–H and O–H groups in total. The summed E-state index contributed by atoms with van der Waals surface area (Å²) >= 11 is 2.51. The van der Waals surface area contributed by atoms with Gasteiger partial charge in [0.15, 0.2) is 10.9 Å². The molecule has 0 amide bonds. The van der Waals surface area contributed by atoms with E-state index in [0.717, 1.165) is 11.1 Å². The molecule has 29 heavy (non-hydrogen) atoms. The largest absolute Gasteiger partial charge is 0.365 e. The minimum atomic E-state index is -0.793. The third kappa shape index (κ3) is 4.32. The highest BCUT2D eigenvalue weighted by molar-refractivity contribution is 7.97. The SMILES string of the molecule is CNc1nc(C)c(-c2nc(Nc3cccc(Sn4cnc(F)n4)c3)ncc2F)s1. The maximum absolute atomic E-state index is 14.4. The van der Waals surface area contributed by atoms with Crippen molar-refractivity contribution in [3.8, 4) is 10.6 Å². The lowest BCUT2D eigenvalue weighted by molar-refractivity contribution is 0.541. The molecule has 0 spiro atoms. The van der Waals surface area contributed by atoms with E-state index in [1.165, 1.54) is 33.7 Å². The van der Waals surface area contributed by atoms with Crippen LogP contribution in [0.3, 0.4) is 0 Å². The van der Waals surface area contributed by atoms with Crippen molar-refractivity contribution in [3.05, 3.63) is 54.4 Å². The molecule has 0 unspecified atom stereocenters. The predicted octanol–water partition coefficient (Wildman–Crippen LogP) is 4.12. The van der Waals surface area contributed by atoms with E-state index in [4.69, 9.17) is 0 Å². The first kappa shape index (κ1) is 19.2. The number of nitrogens with zero attached hydrogens (tertiary/aromatic N) is 6. The molecule has 0 fully saturated rings. The maximum Gasteiger partial charge on any atom is 0.327 e. The highest BCUT2D eigenvalue weighted by atomic mass is 32.2. The molecule has 12 heteroatoms. The summed E-state index contributed by atoms with van der Waals surface area (Å²) in [5, 5.41) is 10.3. The predicted molar refractivity (Wildman–Crippen MR) is 108 cm³/mol. The van der Waals surface area contributed by atoms with Gasteiger partial charge in [-0.3, -0.25) is 0 Å². The van der Waals surface area contributed by atoms with Gasteiger partial charge in [0.25, 0.3) is 0 Å². The number of hydrogen-bond acceptors (Lipinski definition) is 9. The first-order chi connectivity index (χ1) is 14.0. The van der Waals surface area contributed by atoms with Crippen molar-refractivity contribution in [2.75, 3.05) is 17.7 Å². The van der Waals surface area contributed by atoms with E-state index in [1.807, 2.05) is 24.3 Å². The van der Waals surface area contributed by atoms with Crippen LogP contribution >= 0.6 is 23.3 Å². The number of rotatable bonds is 6. The molecule has 3 heterocycles. The van der Waals surface area contributed by atoms with Crippen LogP contribution < -0.4 is 10.6 Å². The Morgan fingerprint density at radius 1 is 1.17 bits per heavy atom. The molecule has 0 bridgehead atoms. The van der Waals surface area contributed by atoms with Crippen LogP contribution in [0.2, 0.25) is 0 Å². The average molecular weight is 432 g/mol. The topological polar surface area (TPSA) is 93.4 Å². The number of hydrogen-bond donors (Lipinski definition) is 2. The van der Waals surface area contributed by atoms with E-state index in [-0.39, 0.29) is 11.6 Å². The van der Waals surface area contributed by atoms with Gasteiger partial charge in [-0.15, -0.1) is 5.10 Å². The lowest BCUT2D eigenvalue weighted by atomic mass is 10.3. The van der Waals surface area contributed by atoms with Crippen molar-refractivity contribution in [3.63, 3.8) is 0 Å². The van der Waals surface area contributed by atoms with Gasteiger partial charge in [0.05, 0.1) is 16.8 Å². The Hall–Kier alpha value is -3.12. The lowest BCUT2D eigenvalue weighted by Gasteiger charge is -2.08. The second kappa shape index (κ2) is 8.09. The van der Waals surface area contributed by atoms with Crippen LogP contribution in [0.4, 0.5) is 25.5 Å². The maximum atomic E-state index is 14.4. The average Bonchev–Trinajstić information content (AvgIpc) is 3.28. The van der Waals surface area contributed by atoms with Gasteiger partial charge in [0.2, 0.25) is 5.95 Å². The van der Waals surface area contributed by atoms with Gasteiger partial charge in [-0.2, -0.15) is 13.5 Å². The molecular formula is C17H14F2N8S2. The fourth-order valence-electron chi connectivity index (χ4n) is 2.45. The molecule has 0 aliphatic heterocycles. The van der Waals surface area contributed by atoms with Crippen LogP contribution in [0.5, 0.6) is 0 Å². The highest BCUT2D eigenvalue weighted by Crippen LogP contribution is 2.33. The van der Waals surface area contributed by atoms with E-state index >= 15 is 0 Å². The van der Waals surface area contributed by atoms with Gasteiger partial charge < -0.3 is 10.6 Å². The van der Waals surface area contributed by atoms with Crippen LogP contribution in [0, 0.1) is 18.8 Å². The van der Waals surface area contributed by atoms with Crippen molar-refractivity contribution in [1.82, 2.24) is 29.1 Å². The van der Waals surface area contributed by atoms with Gasteiger partial charge in [0.1, 0.15) is 12.0 Å². The van der Waals surface area contributed by atoms with Crippen molar-refractivity contribution in [2.24, 2.45) is 0 Å². The van der Waals surface area contributed by atoms with Crippen molar-refractivity contribution in [1.29, 1.82) is 0 Å². The van der Waals surface area contributed by atoms with Gasteiger partial charge in [-0.05, 0) is 25.1 Å². The Kier molecular flexibility index (Phi) is 5.36. The number of aryl methyl sites for hydroxylation is 1. The minimum Gasteiger partial charge on any atom is -0.365 e. The van der Waals surface area contributed by atoms with Crippen LogP contribution in [0.25, 0.3) is 10.6 Å². The van der Waals surface area contributed by atoms with Crippen molar-refractivity contribution < 1.29 is 8.78 Å². The van der Waals surface area contributed by atoms with Gasteiger partial charge in [-0.1, -0.05) is 17.4 Å². The van der Waals surface area contributed by atoms with E-state index < -0.39 is 11.9 Å². The van der Waals surface area contributed by atoms with Gasteiger partial charge in [0, 0.05) is 29.6 Å². The quantitative estimate of drug-likeness (QED) is 0.470. The molecule has 0 aliphatic rings. The molecule has 0 saturated carbocycles. The number of anilines is 3. The van der Waals surface area contributed by atoms with Crippen LogP contribution in [-0.4, -0.2) is 36.2 Å². The summed E-state index contributed by atoms with van der Waals surface area (Å²) < 4.78 is 28.6. The first-order valence-electron chi connectivity index (χ1n) is 8.32. The second-order valence-electron chi connectivity index (χ2n) is 5.73. The molecule has 4 rings (SSSR count). The third-order valence-corrected chi connectivity index (χ3v) is 5.71. The summed E-state index contributed by atoms with van der Waals surface area (Å²) in [6.07, 6.45) is 1.62. The molecule has 148 valence electrons. The third-order valence-electron chi connectivity index (χ3n) is 3.70. The number of aromatic nitrogens is 6. The Bertz CT molecular complexity index is 1160. The molecule has 4 aromatic rings. The molecular weight excluding hydrogens is 418 g/mol. The van der Waals surface area contributed by atoms with E-state index in [2.05, 4.69) is 35.7 Å². The normalized spacial score (nSPS) is 10.9. The zero-order valence-corrected chi connectivity index (χ0v) is 16.9. The summed E-state index contributed by atoms with van der Waals surface area (Å²) in [5.74, 6) is -0.281. The Balaban J connectivity index is 1.58. The fraction of sp³-hybridized carbons (Fsp3) is 0.118. The summed E-state index contributed by atoms with van der Waals surface area (Å²) in [7, 11) is 1.75. The van der Waals surface area contributed by atoms with Crippen LogP contribution in [-0.2, 0) is 0 Å². The number of thiazole rings is 1. The van der Waals surface area contributed by atoms with Crippen LogP contribution in [0.1, 0.15) is 5.69 Å². The van der Waals surface area contributed by atoms with E-state index in [9.17, 15) is 8.78 Å². The van der Waals surface area contributed by atoms with E-state index in [1.54, 1.807) is 14.0 Å². The molecule has 1 aromatic carbocycles. The highest BCUT2D eigenvalue weighted by Gasteiger charge is 2.16. The Morgan fingerprint density at radius 3 is 2.76 bits per heavy atom. The van der Waals surface area contributed by atoms with Crippen LogP contribution in [0.15, 0.2) is 41.7 Å². The first-order valence-corrected chi connectivity index (χ1v) is 9.91. The van der Waals surface area contributed by atoms with Gasteiger partial charge >= 0.3 is 6.08 Å².